The van der Waals surface area contributed by atoms with Crippen LogP contribution in [0.15, 0.2) is 42.5 Å². The van der Waals surface area contributed by atoms with Crippen molar-refractivity contribution < 1.29 is 9.53 Å². The van der Waals surface area contributed by atoms with Crippen molar-refractivity contribution in [2.75, 3.05) is 44.0 Å². The molecule has 1 saturated heterocycles. The summed E-state index contributed by atoms with van der Waals surface area (Å²) in [6.07, 6.45) is 4.73. The molecule has 5 rings (SSSR count). The predicted molar refractivity (Wildman–Crippen MR) is 135 cm³/mol. The number of fused-ring (bicyclic) bond motifs is 4. The number of benzene rings is 2. The van der Waals surface area contributed by atoms with E-state index in [4.69, 9.17) is 4.74 Å². The number of hydrogen-bond donors (Lipinski definition) is 2. The summed E-state index contributed by atoms with van der Waals surface area (Å²) >= 11 is 0. The number of carbonyl (C=O) groups excluding carboxylic acids is 1. The fourth-order valence-corrected chi connectivity index (χ4v) is 5.83. The molecule has 1 heterocycles. The number of ketones is 1. The summed E-state index contributed by atoms with van der Waals surface area (Å²) in [7, 11) is 1.73. The molecule has 176 valence electrons. The van der Waals surface area contributed by atoms with Gasteiger partial charge in [-0.3, -0.25) is 9.69 Å². The van der Waals surface area contributed by atoms with Crippen LogP contribution in [0.4, 0.5) is 17.1 Å². The Morgan fingerprint density at radius 2 is 1.94 bits per heavy atom. The zero-order chi connectivity index (χ0) is 23.0. The maximum absolute atomic E-state index is 13.6. The van der Waals surface area contributed by atoms with E-state index in [1.807, 2.05) is 12.1 Å². The molecule has 1 unspecified atom stereocenters. The minimum Gasteiger partial charge on any atom is -0.385 e. The molecule has 3 atom stereocenters. The van der Waals surface area contributed by atoms with Crippen molar-refractivity contribution in [3.8, 4) is 0 Å². The lowest BCUT2D eigenvalue weighted by atomic mass is 9.58. The zero-order valence-electron chi connectivity index (χ0n) is 20.2. The summed E-state index contributed by atoms with van der Waals surface area (Å²) in [4.78, 5) is 16.1. The number of hydrogen-bond acceptors (Lipinski definition) is 5. The van der Waals surface area contributed by atoms with Gasteiger partial charge in [0, 0.05) is 38.1 Å². The number of anilines is 3. The molecular formula is C28H37N3O2. The molecule has 2 N–H and O–H groups in total. The van der Waals surface area contributed by atoms with Crippen molar-refractivity contribution in [1.29, 1.82) is 0 Å². The third-order valence-corrected chi connectivity index (χ3v) is 8.20. The average molecular weight is 448 g/mol. The molecule has 1 saturated carbocycles. The average Bonchev–Trinajstić information content (AvgIpc) is 3.63. The summed E-state index contributed by atoms with van der Waals surface area (Å²) in [5.41, 5.74) is 5.35. The number of nitrogens with zero attached hydrogens (tertiary/aromatic N) is 1. The molecule has 33 heavy (non-hydrogen) atoms. The fourth-order valence-electron chi connectivity index (χ4n) is 5.83. The monoisotopic (exact) mass is 447 g/mol. The van der Waals surface area contributed by atoms with Crippen molar-refractivity contribution in [3.63, 3.8) is 0 Å². The lowest BCUT2D eigenvalue weighted by Gasteiger charge is -2.53. The minimum absolute atomic E-state index is 0.0313. The van der Waals surface area contributed by atoms with Crippen LogP contribution in [0.3, 0.4) is 0 Å². The van der Waals surface area contributed by atoms with Gasteiger partial charge in [-0.15, -0.1) is 0 Å². The number of piperidine rings is 1. The van der Waals surface area contributed by atoms with E-state index in [-0.39, 0.29) is 11.5 Å². The first-order valence-electron chi connectivity index (χ1n) is 12.5. The SMILES string of the molecule is COCCCNc1ccccc1Nc1ccc2c(c1)[C@]1(C)CCN(CC3CC3)C(C2=O)[C@@H]1C. The quantitative estimate of drug-likeness (QED) is 0.501. The van der Waals surface area contributed by atoms with E-state index in [9.17, 15) is 4.79 Å². The molecule has 2 aromatic carbocycles. The van der Waals surface area contributed by atoms with Gasteiger partial charge in [0.1, 0.15) is 0 Å². The molecule has 0 amide bonds. The van der Waals surface area contributed by atoms with Crippen LogP contribution >= 0.6 is 0 Å². The van der Waals surface area contributed by atoms with E-state index in [0.717, 1.165) is 67.6 Å². The van der Waals surface area contributed by atoms with Crippen molar-refractivity contribution in [1.82, 2.24) is 4.90 Å². The van der Waals surface area contributed by atoms with Crippen LogP contribution in [0.5, 0.6) is 0 Å². The van der Waals surface area contributed by atoms with Crippen LogP contribution in [0.25, 0.3) is 0 Å². The predicted octanol–water partition coefficient (Wildman–Crippen LogP) is 5.45. The Balaban J connectivity index is 1.39. The van der Waals surface area contributed by atoms with Gasteiger partial charge in [-0.2, -0.15) is 0 Å². The highest BCUT2D eigenvalue weighted by Crippen LogP contribution is 2.50. The topological polar surface area (TPSA) is 53.6 Å². The lowest BCUT2D eigenvalue weighted by molar-refractivity contribution is 0.0266. The first-order chi connectivity index (χ1) is 16.0. The van der Waals surface area contributed by atoms with Gasteiger partial charge in [-0.05, 0) is 85.4 Å². The third-order valence-electron chi connectivity index (χ3n) is 8.20. The number of ether oxygens (including phenoxy) is 1. The molecule has 2 bridgehead atoms. The number of carbonyl (C=O) groups is 1. The maximum Gasteiger partial charge on any atom is 0.180 e. The fraction of sp³-hybridized carbons (Fsp3) is 0.536. The smallest absolute Gasteiger partial charge is 0.180 e. The summed E-state index contributed by atoms with van der Waals surface area (Å²) in [5.74, 6) is 1.46. The Labute approximate surface area is 197 Å². The molecule has 0 radical (unpaired) electrons. The number of para-hydroxylation sites is 2. The summed E-state index contributed by atoms with van der Waals surface area (Å²) in [6, 6.07) is 14.7. The standard InChI is InChI=1S/C28H37N3O2/c1-19-26-27(32)22-12-11-21(30-25-8-5-4-7-24(25)29-14-6-16-33-3)17-23(22)28(19,2)13-15-31(26)18-20-9-10-20/h4-5,7-8,11-12,17,19-20,26,29-30H,6,9-10,13-16,18H2,1-3H3/t19-,26?,28+/m0/s1. The van der Waals surface area contributed by atoms with E-state index in [2.05, 4.69) is 59.7 Å². The van der Waals surface area contributed by atoms with Crippen LogP contribution in [-0.2, 0) is 10.2 Å². The number of nitrogens with one attached hydrogen (secondary N) is 2. The van der Waals surface area contributed by atoms with E-state index >= 15 is 0 Å². The minimum atomic E-state index is 0.0313. The number of rotatable bonds is 9. The van der Waals surface area contributed by atoms with Crippen molar-refractivity contribution >= 4 is 22.8 Å². The van der Waals surface area contributed by atoms with Crippen LogP contribution in [0.2, 0.25) is 0 Å². The summed E-state index contributed by atoms with van der Waals surface area (Å²) in [6.45, 7) is 8.40. The van der Waals surface area contributed by atoms with E-state index in [1.165, 1.54) is 18.4 Å². The normalized spacial score (nSPS) is 26.7. The van der Waals surface area contributed by atoms with Crippen molar-refractivity contribution in [2.24, 2.45) is 11.8 Å². The molecule has 0 aromatic heterocycles. The van der Waals surface area contributed by atoms with E-state index in [0.29, 0.717) is 11.7 Å². The van der Waals surface area contributed by atoms with Gasteiger partial charge in [-0.1, -0.05) is 26.0 Å². The lowest BCUT2D eigenvalue weighted by Crippen LogP contribution is -2.61. The molecule has 2 aliphatic carbocycles. The maximum atomic E-state index is 13.6. The molecule has 2 fully saturated rings. The van der Waals surface area contributed by atoms with Crippen molar-refractivity contribution in [2.45, 2.75) is 51.0 Å². The number of Topliss-reactive ketones (excluding diaryl/α,β-unsaturated/α-hetero) is 1. The van der Waals surface area contributed by atoms with Gasteiger partial charge in [0.2, 0.25) is 0 Å². The van der Waals surface area contributed by atoms with E-state index < -0.39 is 0 Å². The zero-order valence-corrected chi connectivity index (χ0v) is 20.2. The molecule has 1 aliphatic heterocycles. The van der Waals surface area contributed by atoms with Gasteiger partial charge in [-0.25, -0.2) is 0 Å². The first kappa shape index (κ1) is 22.4. The second kappa shape index (κ2) is 9.11. The van der Waals surface area contributed by atoms with E-state index in [1.54, 1.807) is 7.11 Å². The Kier molecular flexibility index (Phi) is 6.19. The van der Waals surface area contributed by atoms with Gasteiger partial charge >= 0.3 is 0 Å². The van der Waals surface area contributed by atoms with Gasteiger partial charge < -0.3 is 15.4 Å². The first-order valence-corrected chi connectivity index (χ1v) is 12.5. The van der Waals surface area contributed by atoms with Crippen LogP contribution in [-0.4, -0.2) is 50.1 Å². The molecule has 0 spiro atoms. The van der Waals surface area contributed by atoms with Gasteiger partial charge in [0.05, 0.1) is 17.4 Å². The summed E-state index contributed by atoms with van der Waals surface area (Å²) < 4.78 is 5.16. The Bertz CT molecular complexity index is 1020. The second-order valence-electron chi connectivity index (χ2n) is 10.4. The highest BCUT2D eigenvalue weighted by Gasteiger charge is 2.52. The Morgan fingerprint density at radius 1 is 1.15 bits per heavy atom. The number of likely N-dealkylation sites (tertiary alicyclic amines) is 1. The van der Waals surface area contributed by atoms with Crippen molar-refractivity contribution in [3.05, 3.63) is 53.6 Å². The molecule has 3 aliphatic rings. The molecule has 2 aromatic rings. The largest absolute Gasteiger partial charge is 0.385 e. The Hall–Kier alpha value is -2.37. The number of methoxy groups -OCH3 is 1. The third kappa shape index (κ3) is 4.29. The Morgan fingerprint density at radius 3 is 2.70 bits per heavy atom. The molecule has 5 nitrogen and oxygen atoms in total. The van der Waals surface area contributed by atoms with Gasteiger partial charge in [0.15, 0.2) is 5.78 Å². The van der Waals surface area contributed by atoms with Crippen LogP contribution < -0.4 is 10.6 Å². The van der Waals surface area contributed by atoms with Crippen LogP contribution in [0, 0.1) is 11.8 Å². The second-order valence-corrected chi connectivity index (χ2v) is 10.4. The highest BCUT2D eigenvalue weighted by atomic mass is 16.5. The highest BCUT2D eigenvalue weighted by molar-refractivity contribution is 6.04. The van der Waals surface area contributed by atoms with Crippen LogP contribution in [0.1, 0.15) is 55.5 Å². The summed E-state index contributed by atoms with van der Waals surface area (Å²) in [5, 5.41) is 7.12. The molecule has 5 heteroatoms. The molecular weight excluding hydrogens is 410 g/mol. The van der Waals surface area contributed by atoms with Gasteiger partial charge in [0.25, 0.3) is 0 Å².